The third-order valence-corrected chi connectivity index (χ3v) is 3.37. The fraction of sp³-hybridized carbons (Fsp3) is 0.0667. The highest BCUT2D eigenvalue weighted by Crippen LogP contribution is 2.27. The number of carbonyl (C=O) groups excluding carboxylic acids is 2. The lowest BCUT2D eigenvalue weighted by Gasteiger charge is -2.10. The van der Waals surface area contributed by atoms with E-state index in [1.54, 1.807) is 42.5 Å². The molecule has 0 heterocycles. The maximum absolute atomic E-state index is 12.3. The van der Waals surface area contributed by atoms with Crippen LogP contribution in [0.25, 0.3) is 0 Å². The highest BCUT2D eigenvalue weighted by molar-refractivity contribution is 9.10. The molecular weight excluding hydrogens is 358 g/mol. The van der Waals surface area contributed by atoms with Crippen molar-refractivity contribution in [3.05, 3.63) is 57.5 Å². The number of rotatable bonds is 3. The Morgan fingerprint density at radius 2 is 1.90 bits per heavy atom. The summed E-state index contributed by atoms with van der Waals surface area (Å²) in [5.41, 5.74) is 0.731. The Labute approximate surface area is 135 Å². The fourth-order valence-electron chi connectivity index (χ4n) is 1.68. The van der Waals surface area contributed by atoms with E-state index >= 15 is 0 Å². The maximum Gasteiger partial charge on any atom is 0.308 e. The van der Waals surface area contributed by atoms with Gasteiger partial charge in [-0.3, -0.25) is 9.59 Å². The molecule has 0 aliphatic rings. The molecule has 0 aliphatic heterocycles. The lowest BCUT2D eigenvalue weighted by Crippen LogP contribution is -2.15. The average Bonchev–Trinajstić information content (AvgIpc) is 2.42. The van der Waals surface area contributed by atoms with Crippen molar-refractivity contribution in [1.82, 2.24) is 0 Å². The highest BCUT2D eigenvalue weighted by Gasteiger charge is 2.14. The summed E-state index contributed by atoms with van der Waals surface area (Å²) in [6.45, 7) is 1.28. The average molecular weight is 369 g/mol. The van der Waals surface area contributed by atoms with E-state index in [1.807, 2.05) is 0 Å². The molecule has 0 atom stereocenters. The maximum atomic E-state index is 12.3. The van der Waals surface area contributed by atoms with Crippen molar-refractivity contribution in [2.75, 3.05) is 5.32 Å². The highest BCUT2D eigenvalue weighted by atomic mass is 79.9. The minimum atomic E-state index is -0.489. The van der Waals surface area contributed by atoms with Gasteiger partial charge < -0.3 is 10.1 Å². The zero-order valence-corrected chi connectivity index (χ0v) is 13.4. The van der Waals surface area contributed by atoms with E-state index in [0.29, 0.717) is 10.7 Å². The van der Waals surface area contributed by atoms with Crippen LogP contribution in [0, 0.1) is 0 Å². The van der Waals surface area contributed by atoms with E-state index in [9.17, 15) is 9.59 Å². The number of carbonyl (C=O) groups is 2. The summed E-state index contributed by atoms with van der Waals surface area (Å²) in [4.78, 5) is 23.3. The number of anilines is 1. The van der Waals surface area contributed by atoms with Gasteiger partial charge in [-0.1, -0.05) is 39.7 Å². The van der Waals surface area contributed by atoms with Crippen LogP contribution in [0.1, 0.15) is 17.3 Å². The minimum Gasteiger partial charge on any atom is -0.426 e. The van der Waals surface area contributed by atoms with Crippen molar-refractivity contribution >= 4 is 45.1 Å². The van der Waals surface area contributed by atoms with Crippen molar-refractivity contribution in [1.29, 1.82) is 0 Å². The monoisotopic (exact) mass is 367 g/mol. The smallest absolute Gasteiger partial charge is 0.308 e. The van der Waals surface area contributed by atoms with Crippen LogP contribution < -0.4 is 10.1 Å². The van der Waals surface area contributed by atoms with Crippen LogP contribution in [0.15, 0.2) is 46.9 Å². The standard InChI is InChI=1S/C15H11BrClNO3/c1-9(19)21-14-5-3-2-4-11(14)15(20)18-13-7-6-10(16)8-12(13)17/h2-8H,1H3,(H,18,20). The van der Waals surface area contributed by atoms with Gasteiger partial charge in [-0.2, -0.15) is 0 Å². The minimum absolute atomic E-state index is 0.204. The molecule has 0 saturated heterocycles. The molecule has 6 heteroatoms. The Balaban J connectivity index is 2.26. The third-order valence-electron chi connectivity index (χ3n) is 2.56. The molecule has 0 saturated carbocycles. The molecule has 0 bridgehead atoms. The number of hydrogen-bond donors (Lipinski definition) is 1. The summed E-state index contributed by atoms with van der Waals surface area (Å²) in [6.07, 6.45) is 0. The number of esters is 1. The first-order chi connectivity index (χ1) is 9.97. The molecule has 0 aliphatic carbocycles. The van der Waals surface area contributed by atoms with Crippen molar-refractivity contribution in [2.45, 2.75) is 6.92 Å². The van der Waals surface area contributed by atoms with Crippen LogP contribution in [-0.4, -0.2) is 11.9 Å². The predicted octanol–water partition coefficient (Wildman–Crippen LogP) is 4.28. The quantitative estimate of drug-likeness (QED) is 0.650. The van der Waals surface area contributed by atoms with Crippen LogP contribution in [0.3, 0.4) is 0 Å². The van der Waals surface area contributed by atoms with Crippen LogP contribution in [0.5, 0.6) is 5.75 Å². The van der Waals surface area contributed by atoms with Gasteiger partial charge in [0, 0.05) is 11.4 Å². The van der Waals surface area contributed by atoms with Gasteiger partial charge in [0.2, 0.25) is 0 Å². The van der Waals surface area contributed by atoms with Crippen LogP contribution in [-0.2, 0) is 4.79 Å². The summed E-state index contributed by atoms with van der Waals surface area (Å²) in [5, 5.41) is 3.09. The summed E-state index contributed by atoms with van der Waals surface area (Å²) >= 11 is 9.35. The van der Waals surface area contributed by atoms with Gasteiger partial charge in [-0.25, -0.2) is 0 Å². The number of benzene rings is 2. The number of hydrogen-bond acceptors (Lipinski definition) is 3. The van der Waals surface area contributed by atoms with E-state index in [2.05, 4.69) is 21.2 Å². The fourth-order valence-corrected chi connectivity index (χ4v) is 2.40. The topological polar surface area (TPSA) is 55.4 Å². The van der Waals surface area contributed by atoms with Gasteiger partial charge in [-0.05, 0) is 30.3 Å². The second-order valence-electron chi connectivity index (χ2n) is 4.17. The molecule has 2 rings (SSSR count). The molecule has 4 nitrogen and oxygen atoms in total. The van der Waals surface area contributed by atoms with Crippen LogP contribution in [0.2, 0.25) is 5.02 Å². The summed E-state index contributed by atoms with van der Waals surface area (Å²) in [7, 11) is 0. The zero-order valence-electron chi connectivity index (χ0n) is 11.0. The molecule has 1 amide bonds. The molecule has 0 aromatic heterocycles. The molecule has 21 heavy (non-hydrogen) atoms. The molecular formula is C15H11BrClNO3. The third kappa shape index (κ3) is 4.06. The Hall–Kier alpha value is -1.85. The number of ether oxygens (including phenoxy) is 1. The molecule has 2 aromatic rings. The molecule has 108 valence electrons. The molecule has 1 N–H and O–H groups in total. The predicted molar refractivity (Wildman–Crippen MR) is 84.9 cm³/mol. The van der Waals surface area contributed by atoms with Crippen LogP contribution in [0.4, 0.5) is 5.69 Å². The Kier molecular flexibility index (Phi) is 4.98. The number of nitrogens with one attached hydrogen (secondary N) is 1. The van der Waals surface area contributed by atoms with E-state index in [0.717, 1.165) is 4.47 Å². The number of para-hydroxylation sites is 1. The molecule has 0 spiro atoms. The van der Waals surface area contributed by atoms with Crippen molar-refractivity contribution in [2.24, 2.45) is 0 Å². The van der Waals surface area contributed by atoms with Gasteiger partial charge in [0.15, 0.2) is 0 Å². The summed E-state index contributed by atoms with van der Waals surface area (Å²) in [6, 6.07) is 11.6. The molecule has 0 radical (unpaired) electrons. The lowest BCUT2D eigenvalue weighted by molar-refractivity contribution is -0.131. The van der Waals surface area contributed by atoms with Crippen molar-refractivity contribution < 1.29 is 14.3 Å². The SMILES string of the molecule is CC(=O)Oc1ccccc1C(=O)Nc1ccc(Br)cc1Cl. The van der Waals surface area contributed by atoms with Gasteiger partial charge in [0.05, 0.1) is 16.3 Å². The summed E-state index contributed by atoms with van der Waals surface area (Å²) < 4.78 is 5.82. The lowest BCUT2D eigenvalue weighted by atomic mass is 10.2. The number of halogens is 2. The molecule has 2 aromatic carbocycles. The second kappa shape index (κ2) is 6.74. The van der Waals surface area contributed by atoms with Gasteiger partial charge >= 0.3 is 5.97 Å². The Bertz CT molecular complexity index is 703. The van der Waals surface area contributed by atoms with E-state index in [-0.39, 0.29) is 11.3 Å². The van der Waals surface area contributed by atoms with Crippen molar-refractivity contribution in [3.63, 3.8) is 0 Å². The second-order valence-corrected chi connectivity index (χ2v) is 5.49. The number of amides is 1. The first kappa shape index (κ1) is 15.5. The largest absolute Gasteiger partial charge is 0.426 e. The normalized spacial score (nSPS) is 10.0. The first-order valence-electron chi connectivity index (χ1n) is 6.01. The van der Waals surface area contributed by atoms with Gasteiger partial charge in [0.1, 0.15) is 5.75 Å². The molecule has 0 fully saturated rings. The summed E-state index contributed by atoms with van der Waals surface area (Å²) in [5.74, 6) is -0.691. The van der Waals surface area contributed by atoms with E-state index in [4.69, 9.17) is 16.3 Å². The van der Waals surface area contributed by atoms with Gasteiger partial charge in [0.25, 0.3) is 5.91 Å². The van der Waals surface area contributed by atoms with Crippen molar-refractivity contribution in [3.8, 4) is 5.75 Å². The first-order valence-corrected chi connectivity index (χ1v) is 7.18. The zero-order chi connectivity index (χ0) is 15.4. The molecule has 0 unspecified atom stereocenters. The van der Waals surface area contributed by atoms with E-state index < -0.39 is 11.9 Å². The van der Waals surface area contributed by atoms with Crippen LogP contribution >= 0.6 is 27.5 Å². The Morgan fingerprint density at radius 3 is 2.57 bits per heavy atom. The Morgan fingerprint density at radius 1 is 1.19 bits per heavy atom. The van der Waals surface area contributed by atoms with E-state index in [1.165, 1.54) is 6.92 Å². The van der Waals surface area contributed by atoms with Gasteiger partial charge in [-0.15, -0.1) is 0 Å².